The van der Waals surface area contributed by atoms with Crippen LogP contribution in [0, 0.1) is 0 Å². The fourth-order valence-corrected chi connectivity index (χ4v) is 3.04. The molecule has 6 nitrogen and oxygen atoms in total. The van der Waals surface area contributed by atoms with Gasteiger partial charge in [-0.1, -0.05) is 55.5 Å². The van der Waals surface area contributed by atoms with Crippen molar-refractivity contribution in [2.75, 3.05) is 0 Å². The molecule has 2 aromatic carbocycles. The maximum atomic E-state index is 12.7. The Balaban J connectivity index is 1.49. The number of amides is 1. The number of nitrogens with one attached hydrogen (secondary N) is 2. The first-order valence-corrected chi connectivity index (χ1v) is 9.27. The van der Waals surface area contributed by atoms with E-state index in [0.29, 0.717) is 12.1 Å². The van der Waals surface area contributed by atoms with E-state index in [1.165, 1.54) is 0 Å². The standard InChI is InChI=1S/C22H21N5O/c1-2-18(21-23-15-20(24-21)16-9-5-3-6-10-16)25-22(28)19-13-14-27(26-19)17-11-7-4-8-12-17/h3-15,18H,2H2,1H3,(H,23,24)(H,25,28). The molecule has 1 unspecified atom stereocenters. The molecule has 2 heterocycles. The van der Waals surface area contributed by atoms with Gasteiger partial charge in [0.15, 0.2) is 5.69 Å². The molecular weight excluding hydrogens is 350 g/mol. The molecule has 0 fully saturated rings. The van der Waals surface area contributed by atoms with Crippen molar-refractivity contribution in [1.82, 2.24) is 25.1 Å². The summed E-state index contributed by atoms with van der Waals surface area (Å²) in [5, 5.41) is 7.41. The highest BCUT2D eigenvalue weighted by Crippen LogP contribution is 2.20. The van der Waals surface area contributed by atoms with Crippen LogP contribution in [0.2, 0.25) is 0 Å². The van der Waals surface area contributed by atoms with Crippen LogP contribution in [-0.2, 0) is 0 Å². The number of hydrogen-bond acceptors (Lipinski definition) is 3. The number of para-hydroxylation sites is 1. The van der Waals surface area contributed by atoms with E-state index in [9.17, 15) is 4.79 Å². The molecule has 0 spiro atoms. The fraction of sp³-hybridized carbons (Fsp3) is 0.136. The Morgan fingerprint density at radius 3 is 2.50 bits per heavy atom. The van der Waals surface area contributed by atoms with Gasteiger partial charge in [0.05, 0.1) is 23.6 Å². The number of carbonyl (C=O) groups excluding carboxylic acids is 1. The number of H-pyrrole nitrogens is 1. The van der Waals surface area contributed by atoms with Crippen molar-refractivity contribution >= 4 is 5.91 Å². The lowest BCUT2D eigenvalue weighted by Gasteiger charge is -2.13. The molecule has 0 bridgehead atoms. The maximum Gasteiger partial charge on any atom is 0.272 e. The minimum atomic E-state index is -0.223. The first kappa shape index (κ1) is 17.7. The van der Waals surface area contributed by atoms with E-state index in [1.807, 2.05) is 67.6 Å². The highest BCUT2D eigenvalue weighted by atomic mass is 16.2. The normalized spacial score (nSPS) is 11.9. The van der Waals surface area contributed by atoms with E-state index in [-0.39, 0.29) is 11.9 Å². The van der Waals surface area contributed by atoms with Crippen LogP contribution in [0.4, 0.5) is 0 Å². The summed E-state index contributed by atoms with van der Waals surface area (Å²) in [7, 11) is 0. The van der Waals surface area contributed by atoms with Crippen molar-refractivity contribution in [1.29, 1.82) is 0 Å². The second-order valence-electron chi connectivity index (χ2n) is 6.46. The van der Waals surface area contributed by atoms with Gasteiger partial charge in [0.25, 0.3) is 5.91 Å². The van der Waals surface area contributed by atoms with E-state index in [2.05, 4.69) is 20.4 Å². The fourth-order valence-electron chi connectivity index (χ4n) is 3.04. The topological polar surface area (TPSA) is 75.6 Å². The Morgan fingerprint density at radius 2 is 1.79 bits per heavy atom. The van der Waals surface area contributed by atoms with E-state index < -0.39 is 0 Å². The van der Waals surface area contributed by atoms with Crippen LogP contribution in [0.3, 0.4) is 0 Å². The maximum absolute atomic E-state index is 12.7. The third-order valence-corrected chi connectivity index (χ3v) is 4.57. The zero-order valence-electron chi connectivity index (χ0n) is 15.5. The first-order chi connectivity index (χ1) is 13.7. The third kappa shape index (κ3) is 3.71. The Bertz CT molecular complexity index is 1050. The average Bonchev–Trinajstić information content (AvgIpc) is 3.43. The molecule has 0 aliphatic carbocycles. The van der Waals surface area contributed by atoms with Crippen LogP contribution in [-0.4, -0.2) is 25.7 Å². The van der Waals surface area contributed by atoms with Gasteiger partial charge < -0.3 is 10.3 Å². The van der Waals surface area contributed by atoms with Gasteiger partial charge in [0, 0.05) is 6.20 Å². The summed E-state index contributed by atoms with van der Waals surface area (Å²) in [6, 6.07) is 21.2. The predicted octanol–water partition coefficient (Wildman–Crippen LogP) is 4.14. The Morgan fingerprint density at radius 1 is 1.07 bits per heavy atom. The van der Waals surface area contributed by atoms with Gasteiger partial charge in [-0.25, -0.2) is 9.67 Å². The van der Waals surface area contributed by atoms with Crippen molar-refractivity contribution in [3.05, 3.63) is 90.6 Å². The zero-order valence-corrected chi connectivity index (χ0v) is 15.5. The molecule has 0 aliphatic heterocycles. The van der Waals surface area contributed by atoms with Gasteiger partial charge >= 0.3 is 0 Å². The van der Waals surface area contributed by atoms with Crippen LogP contribution < -0.4 is 5.32 Å². The Kier molecular flexibility index (Phi) is 5.01. The van der Waals surface area contributed by atoms with Crippen LogP contribution >= 0.6 is 0 Å². The van der Waals surface area contributed by atoms with Gasteiger partial charge in [-0.3, -0.25) is 4.79 Å². The van der Waals surface area contributed by atoms with Gasteiger partial charge in [0.2, 0.25) is 0 Å². The molecule has 28 heavy (non-hydrogen) atoms. The summed E-state index contributed by atoms with van der Waals surface area (Å²) in [5.74, 6) is 0.511. The van der Waals surface area contributed by atoms with Crippen LogP contribution in [0.5, 0.6) is 0 Å². The van der Waals surface area contributed by atoms with Crippen LogP contribution in [0.15, 0.2) is 79.1 Å². The number of imidazole rings is 1. The van der Waals surface area contributed by atoms with Crippen molar-refractivity contribution in [2.45, 2.75) is 19.4 Å². The van der Waals surface area contributed by atoms with E-state index in [4.69, 9.17) is 0 Å². The summed E-state index contributed by atoms with van der Waals surface area (Å²) in [6.07, 6.45) is 4.29. The molecule has 4 rings (SSSR count). The second-order valence-corrected chi connectivity index (χ2v) is 6.46. The third-order valence-electron chi connectivity index (χ3n) is 4.57. The highest BCUT2D eigenvalue weighted by Gasteiger charge is 2.19. The van der Waals surface area contributed by atoms with Crippen molar-refractivity contribution < 1.29 is 4.79 Å². The molecule has 6 heteroatoms. The molecule has 140 valence electrons. The lowest BCUT2D eigenvalue weighted by atomic mass is 10.2. The molecule has 0 aliphatic rings. The quantitative estimate of drug-likeness (QED) is 0.535. The number of hydrogen-bond donors (Lipinski definition) is 2. The van der Waals surface area contributed by atoms with Crippen molar-refractivity contribution in [2.24, 2.45) is 0 Å². The zero-order chi connectivity index (χ0) is 19.3. The van der Waals surface area contributed by atoms with Gasteiger partial charge in [-0.2, -0.15) is 5.10 Å². The SMILES string of the molecule is CCC(NC(=O)c1ccn(-c2ccccc2)n1)c1ncc(-c2ccccc2)[nH]1. The summed E-state index contributed by atoms with van der Waals surface area (Å²) < 4.78 is 1.69. The molecule has 2 N–H and O–H groups in total. The number of aromatic amines is 1. The number of benzene rings is 2. The number of rotatable bonds is 6. The molecule has 1 amide bonds. The van der Waals surface area contributed by atoms with Gasteiger partial charge in [-0.05, 0) is 30.2 Å². The predicted molar refractivity (Wildman–Crippen MR) is 108 cm³/mol. The van der Waals surface area contributed by atoms with E-state index in [1.54, 1.807) is 23.1 Å². The lowest BCUT2D eigenvalue weighted by Crippen LogP contribution is -2.29. The van der Waals surface area contributed by atoms with E-state index in [0.717, 1.165) is 22.8 Å². The molecular formula is C22H21N5O. The minimum Gasteiger partial charge on any atom is -0.341 e. The summed E-state index contributed by atoms with van der Waals surface area (Å²) >= 11 is 0. The Hall–Kier alpha value is -3.67. The van der Waals surface area contributed by atoms with Gasteiger partial charge in [-0.15, -0.1) is 0 Å². The lowest BCUT2D eigenvalue weighted by molar-refractivity contribution is 0.0928. The average molecular weight is 371 g/mol. The first-order valence-electron chi connectivity index (χ1n) is 9.27. The van der Waals surface area contributed by atoms with Crippen molar-refractivity contribution in [3.8, 4) is 16.9 Å². The van der Waals surface area contributed by atoms with Crippen molar-refractivity contribution in [3.63, 3.8) is 0 Å². The second kappa shape index (κ2) is 7.92. The molecule has 1 atom stereocenters. The summed E-state index contributed by atoms with van der Waals surface area (Å²) in [5.41, 5.74) is 3.27. The van der Waals surface area contributed by atoms with Crippen LogP contribution in [0.1, 0.15) is 35.7 Å². The minimum absolute atomic E-state index is 0.216. The molecule has 2 aromatic heterocycles. The molecule has 0 saturated carbocycles. The molecule has 4 aromatic rings. The van der Waals surface area contributed by atoms with Gasteiger partial charge in [0.1, 0.15) is 5.82 Å². The number of aromatic nitrogens is 4. The monoisotopic (exact) mass is 371 g/mol. The highest BCUT2D eigenvalue weighted by molar-refractivity contribution is 5.92. The number of nitrogens with zero attached hydrogens (tertiary/aromatic N) is 3. The van der Waals surface area contributed by atoms with Crippen LogP contribution in [0.25, 0.3) is 16.9 Å². The Labute approximate surface area is 163 Å². The smallest absolute Gasteiger partial charge is 0.272 e. The molecule has 0 saturated heterocycles. The summed E-state index contributed by atoms with van der Waals surface area (Å²) in [6.45, 7) is 2.01. The van der Waals surface area contributed by atoms with E-state index >= 15 is 0 Å². The largest absolute Gasteiger partial charge is 0.341 e. The molecule has 0 radical (unpaired) electrons. The summed E-state index contributed by atoms with van der Waals surface area (Å²) in [4.78, 5) is 20.5. The number of carbonyl (C=O) groups is 1.